The van der Waals surface area contributed by atoms with Gasteiger partial charge < -0.3 is 5.11 Å². The number of aliphatic hydroxyl groups is 1. The maximum absolute atomic E-state index is 12.7. The van der Waals surface area contributed by atoms with E-state index in [1.807, 2.05) is 0 Å². The van der Waals surface area contributed by atoms with Crippen molar-refractivity contribution in [2.45, 2.75) is 25.6 Å². The highest BCUT2D eigenvalue weighted by atomic mass is 19.4. The zero-order valence-electron chi connectivity index (χ0n) is 12.8. The molecule has 1 saturated heterocycles. The number of hydrogen-bond acceptors (Lipinski definition) is 3. The summed E-state index contributed by atoms with van der Waals surface area (Å²) >= 11 is 0. The van der Waals surface area contributed by atoms with Crippen LogP contribution in [-0.4, -0.2) is 60.3 Å². The minimum absolute atomic E-state index is 0.166. The zero-order chi connectivity index (χ0) is 16.2. The Bertz CT molecular complexity index is 471. The monoisotopic (exact) mass is 316 g/mol. The summed E-state index contributed by atoms with van der Waals surface area (Å²) in [4.78, 5) is 4.50. The van der Waals surface area contributed by atoms with Gasteiger partial charge in [-0.3, -0.25) is 9.80 Å². The lowest BCUT2D eigenvalue weighted by Gasteiger charge is -2.38. The van der Waals surface area contributed by atoms with Crippen LogP contribution in [0.3, 0.4) is 0 Å². The van der Waals surface area contributed by atoms with Gasteiger partial charge in [0.05, 0.1) is 12.2 Å². The second-order valence-electron chi connectivity index (χ2n) is 5.85. The third-order valence-electron chi connectivity index (χ3n) is 4.23. The van der Waals surface area contributed by atoms with Crippen molar-refractivity contribution in [3.8, 4) is 0 Å². The maximum atomic E-state index is 12.7. The van der Waals surface area contributed by atoms with Crippen molar-refractivity contribution < 1.29 is 18.3 Å². The Morgan fingerprint density at radius 2 is 1.86 bits per heavy atom. The van der Waals surface area contributed by atoms with E-state index in [-0.39, 0.29) is 12.6 Å². The van der Waals surface area contributed by atoms with Gasteiger partial charge in [0.25, 0.3) is 0 Å². The lowest BCUT2D eigenvalue weighted by atomic mass is 10.0. The van der Waals surface area contributed by atoms with Gasteiger partial charge in [0.15, 0.2) is 0 Å². The number of halogens is 3. The largest absolute Gasteiger partial charge is 0.416 e. The fraction of sp³-hybridized carbons (Fsp3) is 0.625. The number of rotatable bonds is 5. The van der Waals surface area contributed by atoms with Gasteiger partial charge in [-0.1, -0.05) is 18.2 Å². The Balaban J connectivity index is 1.91. The van der Waals surface area contributed by atoms with Gasteiger partial charge in [0.1, 0.15) is 0 Å². The van der Waals surface area contributed by atoms with Crippen molar-refractivity contribution in [2.24, 2.45) is 0 Å². The predicted molar refractivity (Wildman–Crippen MR) is 79.7 cm³/mol. The molecule has 0 saturated carbocycles. The molecule has 1 aromatic rings. The molecule has 1 unspecified atom stereocenters. The van der Waals surface area contributed by atoms with E-state index in [0.29, 0.717) is 13.0 Å². The van der Waals surface area contributed by atoms with E-state index in [0.717, 1.165) is 37.8 Å². The molecular formula is C16H23F3N2O. The quantitative estimate of drug-likeness (QED) is 0.902. The molecule has 0 aliphatic carbocycles. The van der Waals surface area contributed by atoms with E-state index in [9.17, 15) is 13.2 Å². The number of piperazine rings is 1. The van der Waals surface area contributed by atoms with E-state index >= 15 is 0 Å². The van der Waals surface area contributed by atoms with Crippen LogP contribution in [0.25, 0.3) is 0 Å². The molecule has 1 aliphatic heterocycles. The average molecular weight is 316 g/mol. The highest BCUT2D eigenvalue weighted by molar-refractivity contribution is 5.26. The molecule has 3 nitrogen and oxygen atoms in total. The first kappa shape index (κ1) is 17.2. The zero-order valence-corrected chi connectivity index (χ0v) is 12.8. The first-order valence-electron chi connectivity index (χ1n) is 7.63. The highest BCUT2D eigenvalue weighted by Crippen LogP contribution is 2.29. The Kier molecular flexibility index (Phi) is 5.83. The lowest BCUT2D eigenvalue weighted by molar-refractivity contribution is -0.137. The van der Waals surface area contributed by atoms with E-state index < -0.39 is 11.7 Å². The fourth-order valence-electron chi connectivity index (χ4n) is 2.91. The van der Waals surface area contributed by atoms with Crippen molar-refractivity contribution in [3.63, 3.8) is 0 Å². The van der Waals surface area contributed by atoms with Crippen LogP contribution in [-0.2, 0) is 12.6 Å². The van der Waals surface area contributed by atoms with Crippen LogP contribution in [0.1, 0.15) is 18.1 Å². The summed E-state index contributed by atoms with van der Waals surface area (Å²) in [5, 5.41) is 8.93. The van der Waals surface area contributed by atoms with Crippen molar-refractivity contribution in [1.82, 2.24) is 9.80 Å². The summed E-state index contributed by atoms with van der Waals surface area (Å²) in [5.41, 5.74) is 0.144. The van der Waals surface area contributed by atoms with Gasteiger partial charge in [0.2, 0.25) is 0 Å². The third-order valence-corrected chi connectivity index (χ3v) is 4.23. The molecule has 0 radical (unpaired) electrons. The average Bonchev–Trinajstić information content (AvgIpc) is 2.48. The summed E-state index contributed by atoms with van der Waals surface area (Å²) in [6, 6.07) is 5.80. The van der Waals surface area contributed by atoms with Crippen LogP contribution in [0.15, 0.2) is 24.3 Å². The van der Waals surface area contributed by atoms with Crippen molar-refractivity contribution in [3.05, 3.63) is 35.4 Å². The van der Waals surface area contributed by atoms with Crippen LogP contribution >= 0.6 is 0 Å². The van der Waals surface area contributed by atoms with E-state index in [1.54, 1.807) is 6.07 Å². The minimum Gasteiger partial charge on any atom is -0.395 e. The van der Waals surface area contributed by atoms with E-state index in [1.165, 1.54) is 12.1 Å². The SMILES string of the molecule is CC(Cc1cccc(C(F)(F)F)c1)N1CCN(CCO)CC1. The minimum atomic E-state index is -4.28. The fourth-order valence-corrected chi connectivity index (χ4v) is 2.91. The third kappa shape index (κ3) is 4.69. The van der Waals surface area contributed by atoms with Crippen molar-refractivity contribution in [1.29, 1.82) is 0 Å². The molecule has 0 spiro atoms. The van der Waals surface area contributed by atoms with Gasteiger partial charge >= 0.3 is 6.18 Å². The van der Waals surface area contributed by atoms with Gasteiger partial charge in [0, 0.05) is 38.8 Å². The van der Waals surface area contributed by atoms with Gasteiger partial charge in [-0.05, 0) is 25.0 Å². The molecule has 1 atom stereocenters. The Hall–Kier alpha value is -1.11. The topological polar surface area (TPSA) is 26.7 Å². The van der Waals surface area contributed by atoms with Gasteiger partial charge in [-0.15, -0.1) is 0 Å². The molecule has 1 heterocycles. The second-order valence-corrected chi connectivity index (χ2v) is 5.85. The van der Waals surface area contributed by atoms with Gasteiger partial charge in [-0.2, -0.15) is 13.2 Å². The predicted octanol–water partition coefficient (Wildman–Crippen LogP) is 2.25. The van der Waals surface area contributed by atoms with Crippen LogP contribution in [0.5, 0.6) is 0 Å². The van der Waals surface area contributed by atoms with Crippen molar-refractivity contribution >= 4 is 0 Å². The number of hydrogen-bond donors (Lipinski definition) is 1. The standard InChI is InChI=1S/C16H23F3N2O/c1-13(21-7-5-20(6-8-21)9-10-22)11-14-3-2-4-15(12-14)16(17,18)19/h2-4,12-13,22H,5-11H2,1H3. The molecule has 1 aromatic carbocycles. The summed E-state index contributed by atoms with van der Waals surface area (Å²) in [6.07, 6.45) is -3.67. The Labute approximate surface area is 129 Å². The number of benzene rings is 1. The molecule has 1 N–H and O–H groups in total. The normalized spacial score (nSPS) is 19.3. The summed E-state index contributed by atoms with van der Waals surface area (Å²) in [7, 11) is 0. The first-order valence-corrected chi connectivity index (χ1v) is 7.63. The molecule has 1 aliphatic rings. The van der Waals surface area contributed by atoms with Crippen molar-refractivity contribution in [2.75, 3.05) is 39.3 Å². The molecule has 0 aromatic heterocycles. The first-order chi connectivity index (χ1) is 10.4. The molecule has 0 amide bonds. The molecule has 22 heavy (non-hydrogen) atoms. The Morgan fingerprint density at radius 3 is 2.45 bits per heavy atom. The molecule has 6 heteroatoms. The van der Waals surface area contributed by atoms with Gasteiger partial charge in [-0.25, -0.2) is 0 Å². The van der Waals surface area contributed by atoms with Crippen LogP contribution in [0, 0.1) is 0 Å². The number of alkyl halides is 3. The van der Waals surface area contributed by atoms with E-state index in [4.69, 9.17) is 5.11 Å². The van der Waals surface area contributed by atoms with Crippen LogP contribution in [0.2, 0.25) is 0 Å². The summed E-state index contributed by atoms with van der Waals surface area (Å²) in [6.45, 7) is 6.48. The summed E-state index contributed by atoms with van der Waals surface area (Å²) < 4.78 is 38.2. The smallest absolute Gasteiger partial charge is 0.395 e. The molecule has 124 valence electrons. The number of nitrogens with zero attached hydrogens (tertiary/aromatic N) is 2. The lowest BCUT2D eigenvalue weighted by Crippen LogP contribution is -2.50. The molecule has 0 bridgehead atoms. The van der Waals surface area contributed by atoms with Crippen LogP contribution in [0.4, 0.5) is 13.2 Å². The number of aliphatic hydroxyl groups excluding tert-OH is 1. The molecular weight excluding hydrogens is 293 g/mol. The number of β-amino-alcohol motifs (C(OH)–C–C–N with tert-alkyl or cyclic N) is 1. The summed E-state index contributed by atoms with van der Waals surface area (Å²) in [5.74, 6) is 0. The second kappa shape index (κ2) is 7.44. The highest BCUT2D eigenvalue weighted by Gasteiger charge is 2.30. The Morgan fingerprint density at radius 1 is 1.18 bits per heavy atom. The molecule has 1 fully saturated rings. The molecule has 2 rings (SSSR count). The van der Waals surface area contributed by atoms with Crippen LogP contribution < -0.4 is 0 Å². The van der Waals surface area contributed by atoms with E-state index in [2.05, 4.69) is 16.7 Å². The maximum Gasteiger partial charge on any atom is 0.416 e.